The third kappa shape index (κ3) is 5.87. The molecule has 2 amide bonds. The van der Waals surface area contributed by atoms with Gasteiger partial charge in [0, 0.05) is 6.08 Å². The van der Waals surface area contributed by atoms with Crippen molar-refractivity contribution in [2.24, 2.45) is 5.92 Å². The summed E-state index contributed by atoms with van der Waals surface area (Å²) in [5, 5.41) is 9.09. The monoisotopic (exact) mass is 342 g/mol. The number of aryl methyl sites for hydroxylation is 1. The maximum atomic E-state index is 12.1. The maximum Gasteiger partial charge on any atom is 0.249 e. The normalized spacial score (nSPS) is 12.3. The molecule has 7 heteroatoms. The van der Waals surface area contributed by atoms with E-state index < -0.39 is 6.04 Å². The molecule has 132 valence electrons. The van der Waals surface area contributed by atoms with E-state index in [2.05, 4.69) is 20.8 Å². The van der Waals surface area contributed by atoms with Gasteiger partial charge in [-0.25, -0.2) is 0 Å². The van der Waals surface area contributed by atoms with E-state index in [9.17, 15) is 9.59 Å². The molecule has 0 bridgehead atoms. The van der Waals surface area contributed by atoms with Crippen LogP contribution in [0.1, 0.15) is 37.2 Å². The van der Waals surface area contributed by atoms with Gasteiger partial charge in [-0.3, -0.25) is 9.59 Å². The van der Waals surface area contributed by atoms with Gasteiger partial charge in [0.25, 0.3) is 0 Å². The largest absolute Gasteiger partial charge is 0.343 e. The van der Waals surface area contributed by atoms with E-state index in [0.717, 1.165) is 5.56 Å². The quantitative estimate of drug-likeness (QED) is 0.750. The highest BCUT2D eigenvalue weighted by Crippen LogP contribution is 2.19. The number of carbonyl (C=O) groups is 2. The summed E-state index contributed by atoms with van der Waals surface area (Å²) in [4.78, 5) is 28.0. The zero-order chi connectivity index (χ0) is 18.2. The molecule has 2 N–H and O–H groups in total. The van der Waals surface area contributed by atoms with Gasteiger partial charge in [0.1, 0.15) is 6.04 Å². The first-order valence-corrected chi connectivity index (χ1v) is 8.06. The van der Waals surface area contributed by atoms with Gasteiger partial charge in [0.15, 0.2) is 5.82 Å². The molecular formula is C18H22N4O3. The van der Waals surface area contributed by atoms with Crippen LogP contribution in [0, 0.1) is 12.8 Å². The molecule has 7 nitrogen and oxygen atoms in total. The lowest BCUT2D eigenvalue weighted by Gasteiger charge is -2.18. The number of hydrogen-bond donors (Lipinski definition) is 2. The van der Waals surface area contributed by atoms with E-state index in [4.69, 9.17) is 4.52 Å². The average Bonchev–Trinajstić information content (AvgIpc) is 3.02. The van der Waals surface area contributed by atoms with Crippen molar-refractivity contribution in [2.45, 2.75) is 26.8 Å². The van der Waals surface area contributed by atoms with Crippen molar-refractivity contribution in [3.63, 3.8) is 0 Å². The molecule has 1 aromatic heterocycles. The SMILES string of the molecule is Cc1noc([C@H](NC(=O)CNC(=O)/C=C\c2ccccc2)C(C)C)n1. The van der Waals surface area contributed by atoms with E-state index in [1.807, 2.05) is 44.2 Å². The second-order valence-corrected chi connectivity index (χ2v) is 5.93. The Morgan fingerprint density at radius 2 is 1.96 bits per heavy atom. The summed E-state index contributed by atoms with van der Waals surface area (Å²) < 4.78 is 5.13. The Morgan fingerprint density at radius 1 is 1.24 bits per heavy atom. The zero-order valence-corrected chi connectivity index (χ0v) is 14.5. The van der Waals surface area contributed by atoms with Crippen molar-refractivity contribution in [2.75, 3.05) is 6.54 Å². The van der Waals surface area contributed by atoms with Crippen LogP contribution in [0.15, 0.2) is 40.9 Å². The Morgan fingerprint density at radius 3 is 2.56 bits per heavy atom. The van der Waals surface area contributed by atoms with E-state index in [0.29, 0.717) is 11.7 Å². The van der Waals surface area contributed by atoms with Crippen molar-refractivity contribution in [1.29, 1.82) is 0 Å². The Bertz CT molecular complexity index is 738. The number of nitrogens with one attached hydrogen (secondary N) is 2. The van der Waals surface area contributed by atoms with Crippen LogP contribution in [-0.2, 0) is 9.59 Å². The highest BCUT2D eigenvalue weighted by Gasteiger charge is 2.23. The van der Waals surface area contributed by atoms with Crippen LogP contribution >= 0.6 is 0 Å². The zero-order valence-electron chi connectivity index (χ0n) is 14.5. The molecule has 0 spiro atoms. The molecule has 1 aromatic carbocycles. The van der Waals surface area contributed by atoms with Crippen molar-refractivity contribution in [3.8, 4) is 0 Å². The Kier molecular flexibility index (Phi) is 6.45. The molecule has 2 rings (SSSR count). The van der Waals surface area contributed by atoms with Gasteiger partial charge >= 0.3 is 0 Å². The first-order valence-electron chi connectivity index (χ1n) is 8.06. The molecule has 0 saturated carbocycles. The number of amides is 2. The maximum absolute atomic E-state index is 12.1. The van der Waals surface area contributed by atoms with Gasteiger partial charge in [-0.05, 0) is 24.5 Å². The minimum atomic E-state index is -0.398. The lowest BCUT2D eigenvalue weighted by molar-refractivity contribution is -0.124. The van der Waals surface area contributed by atoms with E-state index in [1.165, 1.54) is 6.08 Å². The summed E-state index contributed by atoms with van der Waals surface area (Å²) >= 11 is 0. The third-order valence-corrected chi connectivity index (χ3v) is 3.44. The molecule has 0 aliphatic rings. The van der Waals surface area contributed by atoms with Crippen molar-refractivity contribution in [1.82, 2.24) is 20.8 Å². The standard InChI is InChI=1S/C18H22N4O3/c1-12(2)17(18-20-13(3)22-25-18)21-16(24)11-19-15(23)10-9-14-7-5-4-6-8-14/h4-10,12,17H,11H2,1-3H3,(H,19,23)(H,21,24)/b10-9-/t17-/m1/s1. The molecule has 0 saturated heterocycles. The number of aromatic nitrogens is 2. The predicted octanol–water partition coefficient (Wildman–Crippen LogP) is 2.02. The molecule has 0 aliphatic carbocycles. The minimum absolute atomic E-state index is 0.0671. The first-order chi connectivity index (χ1) is 12.0. The summed E-state index contributed by atoms with van der Waals surface area (Å²) in [7, 11) is 0. The average molecular weight is 342 g/mol. The van der Waals surface area contributed by atoms with Crippen LogP contribution in [0.3, 0.4) is 0 Å². The van der Waals surface area contributed by atoms with Gasteiger partial charge in [0.05, 0.1) is 6.54 Å². The van der Waals surface area contributed by atoms with Crippen LogP contribution in [0.4, 0.5) is 0 Å². The number of rotatable bonds is 7. The minimum Gasteiger partial charge on any atom is -0.343 e. The van der Waals surface area contributed by atoms with Crippen LogP contribution in [-0.4, -0.2) is 28.5 Å². The van der Waals surface area contributed by atoms with E-state index in [-0.39, 0.29) is 24.3 Å². The highest BCUT2D eigenvalue weighted by molar-refractivity contribution is 5.94. The van der Waals surface area contributed by atoms with Crippen LogP contribution in [0.2, 0.25) is 0 Å². The molecule has 2 aromatic rings. The van der Waals surface area contributed by atoms with E-state index in [1.54, 1.807) is 13.0 Å². The highest BCUT2D eigenvalue weighted by atomic mass is 16.5. The van der Waals surface area contributed by atoms with Crippen molar-refractivity contribution < 1.29 is 14.1 Å². The van der Waals surface area contributed by atoms with Crippen LogP contribution < -0.4 is 10.6 Å². The molecule has 0 unspecified atom stereocenters. The predicted molar refractivity (Wildman–Crippen MR) is 93.2 cm³/mol. The molecular weight excluding hydrogens is 320 g/mol. The van der Waals surface area contributed by atoms with Crippen LogP contribution in [0.25, 0.3) is 6.08 Å². The summed E-state index contributed by atoms with van der Waals surface area (Å²) in [5.41, 5.74) is 0.911. The lowest BCUT2D eigenvalue weighted by Crippen LogP contribution is -2.39. The summed E-state index contributed by atoms with van der Waals surface area (Å²) in [6.45, 7) is 5.46. The Hall–Kier alpha value is -2.96. The molecule has 0 fully saturated rings. The second kappa shape index (κ2) is 8.77. The number of carbonyl (C=O) groups excluding carboxylic acids is 2. The molecule has 0 aliphatic heterocycles. The second-order valence-electron chi connectivity index (χ2n) is 5.93. The topological polar surface area (TPSA) is 97.1 Å². The van der Waals surface area contributed by atoms with Gasteiger partial charge < -0.3 is 15.2 Å². The van der Waals surface area contributed by atoms with E-state index >= 15 is 0 Å². The van der Waals surface area contributed by atoms with Crippen molar-refractivity contribution >= 4 is 17.9 Å². The molecule has 0 radical (unpaired) electrons. The lowest BCUT2D eigenvalue weighted by atomic mass is 10.0. The van der Waals surface area contributed by atoms with Gasteiger partial charge in [-0.1, -0.05) is 49.3 Å². The number of hydrogen-bond acceptors (Lipinski definition) is 5. The summed E-state index contributed by atoms with van der Waals surface area (Å²) in [6.07, 6.45) is 3.08. The van der Waals surface area contributed by atoms with Crippen molar-refractivity contribution in [3.05, 3.63) is 53.7 Å². The first kappa shape index (κ1) is 18.4. The summed E-state index contributed by atoms with van der Waals surface area (Å²) in [6, 6.07) is 9.04. The van der Waals surface area contributed by atoms with Gasteiger partial charge in [-0.15, -0.1) is 0 Å². The fourth-order valence-corrected chi connectivity index (χ4v) is 2.14. The van der Waals surface area contributed by atoms with Gasteiger partial charge in [0.2, 0.25) is 17.7 Å². The molecule has 25 heavy (non-hydrogen) atoms. The fraction of sp³-hybridized carbons (Fsp3) is 0.333. The molecule has 1 heterocycles. The van der Waals surface area contributed by atoms with Crippen LogP contribution in [0.5, 0.6) is 0 Å². The Labute approximate surface area is 146 Å². The Balaban J connectivity index is 1.84. The third-order valence-electron chi connectivity index (χ3n) is 3.44. The molecule has 1 atom stereocenters. The number of benzene rings is 1. The van der Waals surface area contributed by atoms with Gasteiger partial charge in [-0.2, -0.15) is 4.98 Å². The smallest absolute Gasteiger partial charge is 0.249 e. The fourth-order valence-electron chi connectivity index (χ4n) is 2.14. The summed E-state index contributed by atoms with van der Waals surface area (Å²) in [5.74, 6) is 0.271. The number of nitrogens with zero attached hydrogens (tertiary/aromatic N) is 2.